The SMILES string of the molecule is O=[S@@](Cc1ccccc1)Cc1cn2cc(Br)ccc2n1. The molecule has 2 aromatic heterocycles. The first-order valence-corrected chi connectivity index (χ1v) is 8.51. The van der Waals surface area contributed by atoms with E-state index in [0.717, 1.165) is 21.4 Å². The highest BCUT2D eigenvalue weighted by atomic mass is 79.9. The van der Waals surface area contributed by atoms with E-state index in [1.54, 1.807) is 0 Å². The Kier molecular flexibility index (Phi) is 3.98. The molecule has 3 nitrogen and oxygen atoms in total. The van der Waals surface area contributed by atoms with Crippen LogP contribution in [0, 0.1) is 0 Å². The van der Waals surface area contributed by atoms with Crippen LogP contribution in [0.15, 0.2) is 59.3 Å². The third-order valence-electron chi connectivity index (χ3n) is 2.94. The molecule has 0 unspecified atom stereocenters. The summed E-state index contributed by atoms with van der Waals surface area (Å²) < 4.78 is 15.1. The number of hydrogen-bond donors (Lipinski definition) is 0. The Hall–Kier alpha value is -1.46. The van der Waals surface area contributed by atoms with Crippen molar-refractivity contribution < 1.29 is 4.21 Å². The first-order valence-electron chi connectivity index (χ1n) is 6.23. The Morgan fingerprint density at radius 2 is 1.85 bits per heavy atom. The van der Waals surface area contributed by atoms with E-state index < -0.39 is 10.8 Å². The predicted octanol–water partition coefficient (Wildman–Crippen LogP) is 3.55. The first kappa shape index (κ1) is 13.5. The molecule has 1 aromatic carbocycles. The third kappa shape index (κ3) is 3.16. The summed E-state index contributed by atoms with van der Waals surface area (Å²) in [7, 11) is -0.942. The molecule has 0 bridgehead atoms. The zero-order chi connectivity index (χ0) is 13.9. The van der Waals surface area contributed by atoms with Crippen LogP contribution in [0.1, 0.15) is 11.3 Å². The van der Waals surface area contributed by atoms with Crippen molar-refractivity contribution in [1.29, 1.82) is 0 Å². The Morgan fingerprint density at radius 1 is 1.05 bits per heavy atom. The van der Waals surface area contributed by atoms with Crippen molar-refractivity contribution in [3.63, 3.8) is 0 Å². The van der Waals surface area contributed by atoms with Gasteiger partial charge in [0.1, 0.15) is 5.65 Å². The van der Waals surface area contributed by atoms with Crippen LogP contribution in [-0.2, 0) is 22.3 Å². The summed E-state index contributed by atoms with van der Waals surface area (Å²) in [5.41, 5.74) is 2.83. The van der Waals surface area contributed by atoms with Gasteiger partial charge in [0.15, 0.2) is 0 Å². The van der Waals surface area contributed by atoms with Crippen molar-refractivity contribution in [3.8, 4) is 0 Å². The van der Waals surface area contributed by atoms with E-state index in [2.05, 4.69) is 20.9 Å². The maximum absolute atomic E-state index is 12.2. The lowest BCUT2D eigenvalue weighted by molar-refractivity contribution is 0.681. The van der Waals surface area contributed by atoms with Crippen LogP contribution in [0.5, 0.6) is 0 Å². The molecule has 1 atom stereocenters. The lowest BCUT2D eigenvalue weighted by Gasteiger charge is -2.00. The van der Waals surface area contributed by atoms with Gasteiger partial charge in [-0.3, -0.25) is 4.21 Å². The average molecular weight is 349 g/mol. The molecule has 0 saturated carbocycles. The molecule has 0 spiro atoms. The van der Waals surface area contributed by atoms with Gasteiger partial charge >= 0.3 is 0 Å². The fourth-order valence-electron chi connectivity index (χ4n) is 2.06. The van der Waals surface area contributed by atoms with E-state index in [-0.39, 0.29) is 0 Å². The molecule has 3 rings (SSSR count). The van der Waals surface area contributed by atoms with Crippen LogP contribution >= 0.6 is 15.9 Å². The van der Waals surface area contributed by atoms with Crippen molar-refractivity contribution in [2.75, 3.05) is 0 Å². The van der Waals surface area contributed by atoms with E-state index in [0.29, 0.717) is 11.5 Å². The Morgan fingerprint density at radius 3 is 2.65 bits per heavy atom. The van der Waals surface area contributed by atoms with Crippen molar-refractivity contribution in [2.45, 2.75) is 11.5 Å². The largest absolute Gasteiger partial charge is 0.306 e. The topological polar surface area (TPSA) is 34.4 Å². The Balaban J connectivity index is 1.74. The lowest BCUT2D eigenvalue weighted by atomic mass is 10.2. The molecule has 0 aliphatic heterocycles. The minimum atomic E-state index is -0.942. The van der Waals surface area contributed by atoms with E-state index in [4.69, 9.17) is 0 Å². The normalized spacial score (nSPS) is 12.7. The van der Waals surface area contributed by atoms with Crippen LogP contribution < -0.4 is 0 Å². The van der Waals surface area contributed by atoms with Crippen LogP contribution in [-0.4, -0.2) is 13.6 Å². The number of imidazole rings is 1. The molecule has 0 saturated heterocycles. The highest BCUT2D eigenvalue weighted by Crippen LogP contribution is 2.14. The minimum absolute atomic E-state index is 0.480. The van der Waals surface area contributed by atoms with E-state index in [1.165, 1.54) is 0 Å². The molecular weight excluding hydrogens is 336 g/mol. The van der Waals surface area contributed by atoms with E-state index in [1.807, 2.05) is 59.3 Å². The summed E-state index contributed by atoms with van der Waals surface area (Å²) in [5, 5.41) is 0. The Bertz CT molecular complexity index is 755. The summed E-state index contributed by atoms with van der Waals surface area (Å²) in [6.07, 6.45) is 3.88. The van der Waals surface area contributed by atoms with Crippen LogP contribution in [0.4, 0.5) is 0 Å². The summed E-state index contributed by atoms with van der Waals surface area (Å²) in [5.74, 6) is 1.05. The second-order valence-corrected chi connectivity index (χ2v) is 6.93. The predicted molar refractivity (Wildman–Crippen MR) is 84.9 cm³/mol. The quantitative estimate of drug-likeness (QED) is 0.722. The second-order valence-electron chi connectivity index (χ2n) is 4.56. The summed E-state index contributed by atoms with van der Waals surface area (Å²) >= 11 is 3.43. The number of halogens is 1. The highest BCUT2D eigenvalue weighted by molar-refractivity contribution is 9.10. The van der Waals surface area contributed by atoms with E-state index in [9.17, 15) is 4.21 Å². The van der Waals surface area contributed by atoms with Crippen molar-refractivity contribution in [1.82, 2.24) is 9.38 Å². The highest BCUT2D eigenvalue weighted by Gasteiger charge is 2.07. The van der Waals surface area contributed by atoms with E-state index >= 15 is 0 Å². The van der Waals surface area contributed by atoms with Crippen LogP contribution in [0.3, 0.4) is 0 Å². The fourth-order valence-corrected chi connectivity index (χ4v) is 3.55. The van der Waals surface area contributed by atoms with Crippen molar-refractivity contribution >= 4 is 32.4 Å². The number of rotatable bonds is 4. The van der Waals surface area contributed by atoms with Gasteiger partial charge in [-0.2, -0.15) is 0 Å². The monoisotopic (exact) mass is 348 g/mol. The number of benzene rings is 1. The molecule has 0 aliphatic rings. The van der Waals surface area contributed by atoms with Crippen LogP contribution in [0.25, 0.3) is 5.65 Å². The second kappa shape index (κ2) is 5.89. The maximum Gasteiger partial charge on any atom is 0.137 e. The van der Waals surface area contributed by atoms with Crippen LogP contribution in [0.2, 0.25) is 0 Å². The standard InChI is InChI=1S/C15H13BrN2OS/c16-13-6-7-15-17-14(9-18(15)8-13)11-20(19)10-12-4-2-1-3-5-12/h1-9H,10-11H2/t20-/m0/s1. The summed E-state index contributed by atoms with van der Waals surface area (Å²) in [6.45, 7) is 0. The van der Waals surface area contributed by atoms with Gasteiger partial charge in [0, 0.05) is 33.4 Å². The molecule has 0 aliphatic carbocycles. The molecule has 0 radical (unpaired) electrons. The molecule has 0 N–H and O–H groups in total. The molecule has 2 heterocycles. The molecule has 5 heteroatoms. The van der Waals surface area contributed by atoms with Crippen molar-refractivity contribution in [2.24, 2.45) is 0 Å². The number of hydrogen-bond acceptors (Lipinski definition) is 2. The van der Waals surface area contributed by atoms with Gasteiger partial charge in [-0.25, -0.2) is 4.98 Å². The number of fused-ring (bicyclic) bond motifs is 1. The molecule has 0 fully saturated rings. The fraction of sp³-hybridized carbons (Fsp3) is 0.133. The average Bonchev–Trinajstić information content (AvgIpc) is 2.80. The number of pyridine rings is 1. The summed E-state index contributed by atoms with van der Waals surface area (Å²) in [6, 6.07) is 13.8. The first-order chi connectivity index (χ1) is 9.70. The van der Waals surface area contributed by atoms with Gasteiger partial charge in [-0.05, 0) is 33.6 Å². The Labute approximate surface area is 128 Å². The zero-order valence-corrected chi connectivity index (χ0v) is 13.1. The van der Waals surface area contributed by atoms with Gasteiger partial charge in [-0.1, -0.05) is 30.3 Å². The van der Waals surface area contributed by atoms with Crippen molar-refractivity contribution in [3.05, 3.63) is 70.6 Å². The number of aromatic nitrogens is 2. The van der Waals surface area contributed by atoms with Gasteiger partial charge in [0.05, 0.1) is 11.4 Å². The lowest BCUT2D eigenvalue weighted by Crippen LogP contribution is -1.99. The smallest absolute Gasteiger partial charge is 0.137 e. The molecule has 102 valence electrons. The molecule has 3 aromatic rings. The number of nitrogens with zero attached hydrogens (tertiary/aromatic N) is 2. The minimum Gasteiger partial charge on any atom is -0.306 e. The molecule has 0 amide bonds. The molecular formula is C15H13BrN2OS. The maximum atomic E-state index is 12.2. The third-order valence-corrected chi connectivity index (χ3v) is 4.69. The molecule has 20 heavy (non-hydrogen) atoms. The summed E-state index contributed by atoms with van der Waals surface area (Å²) in [4.78, 5) is 4.48. The van der Waals surface area contributed by atoms with Gasteiger partial charge < -0.3 is 4.40 Å². The van der Waals surface area contributed by atoms with Gasteiger partial charge in [-0.15, -0.1) is 0 Å². The van der Waals surface area contributed by atoms with Gasteiger partial charge in [0.2, 0.25) is 0 Å². The van der Waals surface area contributed by atoms with Gasteiger partial charge in [0.25, 0.3) is 0 Å². The zero-order valence-electron chi connectivity index (χ0n) is 10.7.